The molecule has 2 heterocycles. The molecule has 2 rings (SSSR count). The van der Waals surface area contributed by atoms with E-state index in [1.54, 1.807) is 0 Å². The van der Waals surface area contributed by atoms with Crippen molar-refractivity contribution in [3.63, 3.8) is 0 Å². The number of amides is 1. The van der Waals surface area contributed by atoms with Gasteiger partial charge in [0.2, 0.25) is 0 Å². The Bertz CT molecular complexity index is 587. The first-order chi connectivity index (χ1) is 10.7. The smallest absolute Gasteiger partial charge is 0.396 e. The van der Waals surface area contributed by atoms with Crippen LogP contribution < -0.4 is 0 Å². The highest BCUT2D eigenvalue weighted by atomic mass is 79.9. The number of allylic oxidation sites excluding steroid dienone is 2. The summed E-state index contributed by atoms with van der Waals surface area (Å²) in [6.45, 7) is 2.77. The van der Waals surface area contributed by atoms with Gasteiger partial charge in [-0.3, -0.25) is 9.69 Å². The van der Waals surface area contributed by atoms with Crippen molar-refractivity contribution in [1.29, 1.82) is 0 Å². The number of aliphatic hydroxyl groups excluding tert-OH is 1. The van der Waals surface area contributed by atoms with Gasteiger partial charge in [-0.05, 0) is 34.5 Å². The van der Waals surface area contributed by atoms with Crippen molar-refractivity contribution < 1.29 is 32.2 Å². The predicted octanol–water partition coefficient (Wildman–Crippen LogP) is 2.80. The van der Waals surface area contributed by atoms with Gasteiger partial charge in [-0.25, -0.2) is 4.39 Å². The quantitative estimate of drug-likeness (QED) is 0.544. The van der Waals surface area contributed by atoms with E-state index >= 15 is 0 Å². The second-order valence-corrected chi connectivity index (χ2v) is 6.08. The lowest BCUT2D eigenvalue weighted by molar-refractivity contribution is -0.193. The fraction of sp³-hybridized carbons (Fsp3) is 0.500. The maximum atomic E-state index is 14.2. The summed E-state index contributed by atoms with van der Waals surface area (Å²) in [5.41, 5.74) is -2.19. The van der Waals surface area contributed by atoms with Crippen molar-refractivity contribution in [1.82, 2.24) is 4.90 Å². The first kappa shape index (κ1) is 18.2. The average Bonchev–Trinajstić information content (AvgIpc) is 2.58. The second kappa shape index (κ2) is 6.37. The van der Waals surface area contributed by atoms with Gasteiger partial charge in [0.15, 0.2) is 0 Å². The summed E-state index contributed by atoms with van der Waals surface area (Å²) in [4.78, 5) is 12.4. The van der Waals surface area contributed by atoms with Crippen LogP contribution in [0.25, 0.3) is 0 Å². The molecule has 23 heavy (non-hydrogen) atoms. The van der Waals surface area contributed by atoms with Gasteiger partial charge in [0.1, 0.15) is 11.4 Å². The predicted molar refractivity (Wildman–Crippen MR) is 77.0 cm³/mol. The Balaban J connectivity index is 2.67. The minimum Gasteiger partial charge on any atom is -0.396 e. The van der Waals surface area contributed by atoms with E-state index in [2.05, 4.69) is 22.5 Å². The zero-order valence-electron chi connectivity index (χ0n) is 11.9. The Kier molecular flexibility index (Phi) is 5.03. The largest absolute Gasteiger partial charge is 0.471 e. The van der Waals surface area contributed by atoms with Gasteiger partial charge in [0.25, 0.3) is 0 Å². The van der Waals surface area contributed by atoms with Crippen LogP contribution in [0.4, 0.5) is 17.6 Å². The first-order valence-corrected chi connectivity index (χ1v) is 7.48. The molecule has 1 saturated heterocycles. The third kappa shape index (κ3) is 2.97. The zero-order valence-corrected chi connectivity index (χ0v) is 13.5. The molecule has 0 unspecified atom stereocenters. The minimum atomic E-state index is -5.18. The monoisotopic (exact) mass is 399 g/mol. The molecule has 0 saturated carbocycles. The number of aliphatic hydroxyl groups is 1. The van der Waals surface area contributed by atoms with Crippen LogP contribution in [0.5, 0.6) is 0 Å². The highest BCUT2D eigenvalue weighted by Crippen LogP contribution is 2.46. The number of alkyl halides is 3. The van der Waals surface area contributed by atoms with Crippen molar-refractivity contribution in [2.24, 2.45) is 5.92 Å². The molecule has 1 fully saturated rings. The molecule has 0 aromatic carbocycles. The molecule has 128 valence electrons. The Morgan fingerprint density at radius 1 is 1.52 bits per heavy atom. The van der Waals surface area contributed by atoms with Crippen molar-refractivity contribution in [3.8, 4) is 0 Å². The van der Waals surface area contributed by atoms with Crippen LogP contribution in [-0.2, 0) is 9.53 Å². The Labute approximate surface area is 138 Å². The molecular weight excluding hydrogens is 386 g/mol. The Morgan fingerprint density at radius 2 is 2.17 bits per heavy atom. The third-order valence-corrected chi connectivity index (χ3v) is 4.68. The molecule has 1 spiro atoms. The minimum absolute atomic E-state index is 0.157. The van der Waals surface area contributed by atoms with Crippen LogP contribution in [0.3, 0.4) is 0 Å². The van der Waals surface area contributed by atoms with E-state index in [9.17, 15) is 27.5 Å². The maximum Gasteiger partial charge on any atom is 0.471 e. The Hall–Kier alpha value is -1.19. The number of carbonyl (C=O) groups is 1. The highest BCUT2D eigenvalue weighted by Gasteiger charge is 2.57. The van der Waals surface area contributed by atoms with E-state index in [0.717, 1.165) is 12.2 Å². The van der Waals surface area contributed by atoms with E-state index in [-0.39, 0.29) is 23.2 Å². The number of hydrogen-bond acceptors (Lipinski definition) is 3. The lowest BCUT2D eigenvalue weighted by atomic mass is 9.74. The second-order valence-electron chi connectivity index (χ2n) is 5.27. The number of carbonyl (C=O) groups excluding carboxylic acids is 1. The standard InChI is InChI=1S/C14H14BrF4NO3/c1-8-10(16)2-3-11(15)20(12(22)14(17,18)19)13(8)7-23-5-4-9(13)6-21/h2-3,9,21H,1,4-7H2/t9-,13+/m0/s1. The van der Waals surface area contributed by atoms with Crippen LogP contribution in [0, 0.1) is 5.92 Å². The molecule has 2 aliphatic heterocycles. The molecule has 2 atom stereocenters. The van der Waals surface area contributed by atoms with Crippen LogP contribution in [0.1, 0.15) is 6.42 Å². The zero-order chi connectivity index (χ0) is 17.4. The van der Waals surface area contributed by atoms with E-state index in [1.165, 1.54) is 0 Å². The molecule has 0 aliphatic carbocycles. The van der Waals surface area contributed by atoms with Crippen LogP contribution in [0.15, 0.2) is 34.7 Å². The number of hydrogen-bond donors (Lipinski definition) is 1. The first-order valence-electron chi connectivity index (χ1n) is 6.69. The summed E-state index contributed by atoms with van der Waals surface area (Å²) in [6, 6.07) is 0. The Morgan fingerprint density at radius 3 is 2.74 bits per heavy atom. The van der Waals surface area contributed by atoms with Gasteiger partial charge in [-0.2, -0.15) is 13.2 Å². The number of ether oxygens (including phenoxy) is 1. The van der Waals surface area contributed by atoms with E-state index < -0.39 is 42.6 Å². The van der Waals surface area contributed by atoms with Crippen molar-refractivity contribution in [2.75, 3.05) is 19.8 Å². The van der Waals surface area contributed by atoms with Gasteiger partial charge in [0.05, 0.1) is 11.2 Å². The van der Waals surface area contributed by atoms with Crippen LogP contribution in [0.2, 0.25) is 0 Å². The SMILES string of the molecule is C=C1C(F)=CC=C(Br)N(C(=O)C(F)(F)F)[C@]12COCC[C@H]2CO. The van der Waals surface area contributed by atoms with Crippen LogP contribution in [-0.4, -0.2) is 47.4 Å². The molecule has 0 bridgehead atoms. The molecule has 2 aliphatic rings. The third-order valence-electron chi connectivity index (χ3n) is 4.06. The molecule has 0 aromatic heterocycles. The normalized spacial score (nSPS) is 29.2. The van der Waals surface area contributed by atoms with Gasteiger partial charge < -0.3 is 9.84 Å². The van der Waals surface area contributed by atoms with Crippen molar-refractivity contribution in [3.05, 3.63) is 34.7 Å². The van der Waals surface area contributed by atoms with Crippen LogP contribution >= 0.6 is 15.9 Å². The summed E-state index contributed by atoms with van der Waals surface area (Å²) in [5.74, 6) is -3.91. The molecular formula is C14H14BrF4NO3. The molecule has 0 radical (unpaired) electrons. The molecule has 4 nitrogen and oxygen atoms in total. The van der Waals surface area contributed by atoms with Gasteiger partial charge in [-0.15, -0.1) is 0 Å². The number of nitrogens with zero attached hydrogens (tertiary/aromatic N) is 1. The summed E-state index contributed by atoms with van der Waals surface area (Å²) in [6.07, 6.45) is -3.11. The van der Waals surface area contributed by atoms with E-state index in [4.69, 9.17) is 4.74 Å². The highest BCUT2D eigenvalue weighted by molar-refractivity contribution is 9.11. The molecule has 0 aromatic rings. The fourth-order valence-electron chi connectivity index (χ4n) is 2.89. The summed E-state index contributed by atoms with van der Waals surface area (Å²) in [7, 11) is 0. The summed E-state index contributed by atoms with van der Waals surface area (Å²) < 4.78 is 58.3. The number of rotatable bonds is 1. The van der Waals surface area contributed by atoms with Crippen molar-refractivity contribution in [2.45, 2.75) is 18.1 Å². The fourth-order valence-corrected chi connectivity index (χ4v) is 3.50. The summed E-state index contributed by atoms with van der Waals surface area (Å²) in [5, 5.41) is 9.60. The summed E-state index contributed by atoms with van der Waals surface area (Å²) >= 11 is 2.90. The van der Waals surface area contributed by atoms with E-state index in [0.29, 0.717) is 4.90 Å². The maximum absolute atomic E-state index is 14.2. The van der Waals surface area contributed by atoms with Gasteiger partial charge >= 0.3 is 12.1 Å². The van der Waals surface area contributed by atoms with Gasteiger partial charge in [-0.1, -0.05) is 6.58 Å². The topological polar surface area (TPSA) is 49.8 Å². The molecule has 1 amide bonds. The molecule has 9 heteroatoms. The average molecular weight is 400 g/mol. The van der Waals surface area contributed by atoms with Gasteiger partial charge in [0, 0.05) is 24.7 Å². The van der Waals surface area contributed by atoms with E-state index in [1.807, 2.05) is 0 Å². The lowest BCUT2D eigenvalue weighted by Crippen LogP contribution is -2.64. The lowest BCUT2D eigenvalue weighted by Gasteiger charge is -2.50. The van der Waals surface area contributed by atoms with Crippen molar-refractivity contribution >= 4 is 21.8 Å². The number of halogens is 5. The molecule has 1 N–H and O–H groups in total.